The third-order valence-electron chi connectivity index (χ3n) is 4.13. The number of aliphatic hydroxyl groups excluding tert-OH is 3. The van der Waals surface area contributed by atoms with Crippen LogP contribution in [0.15, 0.2) is 0 Å². The van der Waals surface area contributed by atoms with E-state index >= 15 is 0 Å². The highest BCUT2D eigenvalue weighted by atomic mass is 16.6. The lowest BCUT2D eigenvalue weighted by molar-refractivity contribution is -0.0989. The molecule has 11 nitrogen and oxygen atoms in total. The Balaban J connectivity index is 4.29. The fourth-order valence-electron chi connectivity index (χ4n) is 2.48. The van der Waals surface area contributed by atoms with Crippen LogP contribution in [0.5, 0.6) is 0 Å². The zero-order valence-electron chi connectivity index (χ0n) is 20.5. The van der Waals surface area contributed by atoms with E-state index in [2.05, 4.69) is 11.8 Å². The van der Waals surface area contributed by atoms with Crippen molar-refractivity contribution in [3.8, 4) is 24.7 Å². The summed E-state index contributed by atoms with van der Waals surface area (Å²) in [7, 11) is 0. The van der Waals surface area contributed by atoms with Crippen LogP contribution in [0.3, 0.4) is 0 Å². The van der Waals surface area contributed by atoms with E-state index in [1.807, 2.05) is 0 Å². The molecule has 0 spiro atoms. The fraction of sp³-hybridized carbons (Fsp3) is 0.833. The molecule has 0 fully saturated rings. The second-order valence-electron chi connectivity index (χ2n) is 7.15. The van der Waals surface area contributed by atoms with Crippen molar-refractivity contribution in [2.45, 2.75) is 24.7 Å². The molecule has 0 rings (SSSR count). The minimum absolute atomic E-state index is 0.0641. The van der Waals surface area contributed by atoms with Crippen LogP contribution in [0, 0.1) is 24.7 Å². The quantitative estimate of drug-likeness (QED) is 0.0922. The Labute approximate surface area is 208 Å². The number of rotatable bonds is 27. The standard InChI is InChI=1S/C24H42O11/c1-3-8-28-13-15-32-20-24(21-33-16-14-29-9-4-2)35-17-22(27)5-10-34-23(18-30-11-6-25)19-31-12-7-26/h1-2,22-27H,5-21H2. The Morgan fingerprint density at radius 3 is 1.43 bits per heavy atom. The molecule has 35 heavy (non-hydrogen) atoms. The Hall–Kier alpha value is -1.32. The number of terminal acetylenes is 2. The highest BCUT2D eigenvalue weighted by Crippen LogP contribution is 2.03. The Kier molecular flexibility index (Phi) is 26.2. The first-order valence-corrected chi connectivity index (χ1v) is 11.6. The molecular weight excluding hydrogens is 464 g/mol. The van der Waals surface area contributed by atoms with Crippen molar-refractivity contribution < 1.29 is 53.2 Å². The lowest BCUT2D eigenvalue weighted by Gasteiger charge is -2.21. The molecule has 11 heteroatoms. The minimum atomic E-state index is -0.771. The van der Waals surface area contributed by atoms with Gasteiger partial charge in [0, 0.05) is 6.61 Å². The highest BCUT2D eigenvalue weighted by Gasteiger charge is 2.15. The SMILES string of the molecule is C#CCOCCOCC(COCCOCC#C)OCC(O)CCOC(COCCO)COCCO. The van der Waals surface area contributed by atoms with Crippen molar-refractivity contribution >= 4 is 0 Å². The summed E-state index contributed by atoms with van der Waals surface area (Å²) >= 11 is 0. The van der Waals surface area contributed by atoms with Gasteiger partial charge in [0.05, 0.1) is 92.0 Å². The van der Waals surface area contributed by atoms with Crippen molar-refractivity contribution in [2.75, 3.05) is 106 Å². The van der Waals surface area contributed by atoms with Gasteiger partial charge in [0.15, 0.2) is 0 Å². The van der Waals surface area contributed by atoms with Crippen LogP contribution in [0.1, 0.15) is 6.42 Å². The average molecular weight is 507 g/mol. The maximum absolute atomic E-state index is 10.3. The summed E-state index contributed by atoms with van der Waals surface area (Å²) in [6.07, 6.45) is 9.02. The lowest BCUT2D eigenvalue weighted by Crippen LogP contribution is -2.32. The van der Waals surface area contributed by atoms with Crippen LogP contribution in [0.4, 0.5) is 0 Å². The number of hydrogen-bond acceptors (Lipinski definition) is 11. The number of hydrogen-bond donors (Lipinski definition) is 3. The molecule has 0 radical (unpaired) electrons. The van der Waals surface area contributed by atoms with Crippen LogP contribution >= 0.6 is 0 Å². The molecule has 0 saturated heterocycles. The molecule has 0 heterocycles. The molecule has 3 N–H and O–H groups in total. The zero-order valence-corrected chi connectivity index (χ0v) is 20.5. The summed E-state index contributed by atoms with van der Waals surface area (Å²) in [4.78, 5) is 0. The molecule has 0 aromatic carbocycles. The van der Waals surface area contributed by atoms with Gasteiger partial charge < -0.3 is 53.2 Å². The maximum atomic E-state index is 10.3. The van der Waals surface area contributed by atoms with Gasteiger partial charge in [-0.3, -0.25) is 0 Å². The predicted molar refractivity (Wildman–Crippen MR) is 127 cm³/mol. The average Bonchev–Trinajstić information content (AvgIpc) is 2.86. The zero-order chi connectivity index (χ0) is 25.8. The topological polar surface area (TPSA) is 135 Å². The van der Waals surface area contributed by atoms with Gasteiger partial charge >= 0.3 is 0 Å². The molecular formula is C24H42O11. The first-order valence-electron chi connectivity index (χ1n) is 11.6. The van der Waals surface area contributed by atoms with Gasteiger partial charge in [-0.15, -0.1) is 12.8 Å². The van der Waals surface area contributed by atoms with E-state index in [-0.39, 0.29) is 85.4 Å². The van der Waals surface area contributed by atoms with Crippen molar-refractivity contribution in [3.63, 3.8) is 0 Å². The molecule has 0 aromatic rings. The summed E-state index contributed by atoms with van der Waals surface area (Å²) in [5.74, 6) is 4.76. The van der Waals surface area contributed by atoms with Crippen LogP contribution in [-0.2, 0) is 37.9 Å². The summed E-state index contributed by atoms with van der Waals surface area (Å²) in [5, 5.41) is 27.9. The first kappa shape index (κ1) is 33.7. The summed E-state index contributed by atoms with van der Waals surface area (Å²) in [5.41, 5.74) is 0. The number of aliphatic hydroxyl groups is 3. The van der Waals surface area contributed by atoms with Gasteiger partial charge in [0.2, 0.25) is 0 Å². The van der Waals surface area contributed by atoms with Crippen molar-refractivity contribution in [2.24, 2.45) is 0 Å². The van der Waals surface area contributed by atoms with Crippen LogP contribution in [-0.4, -0.2) is 139 Å². The predicted octanol–water partition coefficient (Wildman–Crippen LogP) is -1.14. The Bertz CT molecular complexity index is 485. The Morgan fingerprint density at radius 1 is 0.543 bits per heavy atom. The smallest absolute Gasteiger partial charge is 0.107 e. The van der Waals surface area contributed by atoms with Crippen LogP contribution in [0.2, 0.25) is 0 Å². The molecule has 0 amide bonds. The van der Waals surface area contributed by atoms with Gasteiger partial charge in [-0.1, -0.05) is 11.8 Å². The molecule has 0 aliphatic heterocycles. The molecule has 0 aromatic heterocycles. The highest BCUT2D eigenvalue weighted by molar-refractivity contribution is 4.83. The molecule has 0 aliphatic rings. The molecule has 1 atom stereocenters. The number of ether oxygens (including phenoxy) is 8. The summed E-state index contributed by atoms with van der Waals surface area (Å²) in [6.45, 7) is 3.33. The normalized spacial score (nSPS) is 12.2. The maximum Gasteiger partial charge on any atom is 0.107 e. The van der Waals surface area contributed by atoms with E-state index < -0.39 is 12.2 Å². The van der Waals surface area contributed by atoms with E-state index in [0.29, 0.717) is 32.8 Å². The monoisotopic (exact) mass is 506 g/mol. The second-order valence-corrected chi connectivity index (χ2v) is 7.15. The van der Waals surface area contributed by atoms with Crippen molar-refractivity contribution in [3.05, 3.63) is 0 Å². The first-order chi connectivity index (χ1) is 17.2. The lowest BCUT2D eigenvalue weighted by atomic mass is 10.2. The largest absolute Gasteiger partial charge is 0.394 e. The molecule has 1 unspecified atom stereocenters. The molecule has 0 bridgehead atoms. The third kappa shape index (κ3) is 24.2. The molecule has 204 valence electrons. The molecule has 0 saturated carbocycles. The van der Waals surface area contributed by atoms with Gasteiger partial charge in [0.1, 0.15) is 25.4 Å². The third-order valence-corrected chi connectivity index (χ3v) is 4.13. The van der Waals surface area contributed by atoms with Crippen molar-refractivity contribution in [1.29, 1.82) is 0 Å². The van der Waals surface area contributed by atoms with Gasteiger partial charge in [-0.05, 0) is 6.42 Å². The second kappa shape index (κ2) is 27.3. The summed E-state index contributed by atoms with van der Waals surface area (Å²) in [6, 6.07) is 0. The van der Waals surface area contributed by atoms with Crippen LogP contribution < -0.4 is 0 Å². The van der Waals surface area contributed by atoms with E-state index in [0.717, 1.165) is 0 Å². The van der Waals surface area contributed by atoms with Gasteiger partial charge in [-0.2, -0.15) is 0 Å². The van der Waals surface area contributed by atoms with E-state index in [4.69, 9.17) is 61.0 Å². The van der Waals surface area contributed by atoms with Crippen molar-refractivity contribution in [1.82, 2.24) is 0 Å². The van der Waals surface area contributed by atoms with E-state index in [1.54, 1.807) is 0 Å². The minimum Gasteiger partial charge on any atom is -0.394 e. The van der Waals surface area contributed by atoms with Crippen LogP contribution in [0.25, 0.3) is 0 Å². The summed E-state index contributed by atoms with van der Waals surface area (Å²) < 4.78 is 43.5. The van der Waals surface area contributed by atoms with E-state index in [9.17, 15) is 5.11 Å². The molecule has 0 aliphatic carbocycles. The Morgan fingerprint density at radius 2 is 0.971 bits per heavy atom. The van der Waals surface area contributed by atoms with Gasteiger partial charge in [0.25, 0.3) is 0 Å². The van der Waals surface area contributed by atoms with E-state index in [1.165, 1.54) is 0 Å². The van der Waals surface area contributed by atoms with Gasteiger partial charge in [-0.25, -0.2) is 0 Å². The fourth-order valence-corrected chi connectivity index (χ4v) is 2.48.